The molecule has 10 heteroatoms. The number of aromatic amines is 1. The molecule has 0 aliphatic heterocycles. The van der Waals surface area contributed by atoms with E-state index >= 15 is 0 Å². The Balaban J connectivity index is 0.00000225. The Morgan fingerprint density at radius 1 is 1.40 bits per heavy atom. The van der Waals surface area contributed by atoms with Gasteiger partial charge in [-0.1, -0.05) is 0 Å². The monoisotopic (exact) mass is 473 g/mol. The van der Waals surface area contributed by atoms with E-state index in [1.807, 2.05) is 12.3 Å². The van der Waals surface area contributed by atoms with Crippen LogP contribution in [0.15, 0.2) is 34.0 Å². The van der Waals surface area contributed by atoms with Gasteiger partial charge in [-0.15, -0.1) is 40.4 Å². The van der Waals surface area contributed by atoms with Gasteiger partial charge in [0.2, 0.25) is 5.82 Å². The maximum absolute atomic E-state index is 5.27. The maximum Gasteiger partial charge on any atom is 0.216 e. The molecule has 0 bridgehead atoms. The lowest BCUT2D eigenvalue weighted by molar-refractivity contribution is 0.577. The van der Waals surface area contributed by atoms with Crippen molar-refractivity contribution in [2.45, 2.75) is 19.9 Å². The van der Waals surface area contributed by atoms with E-state index in [-0.39, 0.29) is 24.0 Å². The number of rotatable bonds is 6. The van der Waals surface area contributed by atoms with Gasteiger partial charge in [0.25, 0.3) is 0 Å². The third-order valence-electron chi connectivity index (χ3n) is 3.22. The number of hydrogen-bond acceptors (Lipinski definition) is 6. The van der Waals surface area contributed by atoms with Crippen LogP contribution in [0.3, 0.4) is 0 Å². The van der Waals surface area contributed by atoms with E-state index in [0.717, 1.165) is 18.0 Å². The van der Waals surface area contributed by atoms with Crippen LogP contribution in [0.1, 0.15) is 15.7 Å². The van der Waals surface area contributed by atoms with Crippen LogP contribution in [0.25, 0.3) is 11.6 Å². The van der Waals surface area contributed by atoms with Gasteiger partial charge in [0, 0.05) is 31.1 Å². The van der Waals surface area contributed by atoms with Crippen LogP contribution in [-0.4, -0.2) is 39.7 Å². The summed E-state index contributed by atoms with van der Waals surface area (Å²) in [5.41, 5.74) is 0. The number of guanidine groups is 1. The maximum atomic E-state index is 5.27. The zero-order chi connectivity index (χ0) is 16.8. The van der Waals surface area contributed by atoms with Crippen LogP contribution in [0.4, 0.5) is 0 Å². The number of furan rings is 1. The number of thiazole rings is 1. The minimum absolute atomic E-state index is 0. The molecular weight excluding hydrogens is 453 g/mol. The highest BCUT2D eigenvalue weighted by molar-refractivity contribution is 14.0. The molecule has 3 aromatic heterocycles. The Labute approximate surface area is 166 Å². The lowest BCUT2D eigenvalue weighted by atomic mass is 10.4. The molecule has 25 heavy (non-hydrogen) atoms. The van der Waals surface area contributed by atoms with E-state index in [1.165, 1.54) is 4.88 Å². The second-order valence-electron chi connectivity index (χ2n) is 5.05. The molecule has 0 atom stereocenters. The second-order valence-corrected chi connectivity index (χ2v) is 6.37. The largest absolute Gasteiger partial charge is 0.461 e. The van der Waals surface area contributed by atoms with E-state index in [1.54, 1.807) is 30.7 Å². The van der Waals surface area contributed by atoms with Gasteiger partial charge < -0.3 is 15.1 Å². The summed E-state index contributed by atoms with van der Waals surface area (Å²) in [7, 11) is 1.73. The molecule has 8 nitrogen and oxygen atoms in total. The van der Waals surface area contributed by atoms with Gasteiger partial charge >= 0.3 is 0 Å². The summed E-state index contributed by atoms with van der Waals surface area (Å²) in [5.74, 6) is 2.59. The lowest BCUT2D eigenvalue weighted by Gasteiger charge is -2.09. The molecule has 0 saturated heterocycles. The van der Waals surface area contributed by atoms with Crippen molar-refractivity contribution in [3.63, 3.8) is 0 Å². The summed E-state index contributed by atoms with van der Waals surface area (Å²) in [6.45, 7) is 3.31. The van der Waals surface area contributed by atoms with Gasteiger partial charge in [-0.3, -0.25) is 10.1 Å². The molecule has 0 aliphatic rings. The van der Waals surface area contributed by atoms with Crippen LogP contribution in [-0.2, 0) is 13.0 Å². The molecule has 3 N–H and O–H groups in total. The van der Waals surface area contributed by atoms with Crippen molar-refractivity contribution < 1.29 is 4.42 Å². The summed E-state index contributed by atoms with van der Waals surface area (Å²) in [4.78, 5) is 14.1. The normalized spacial score (nSPS) is 11.2. The Hall–Kier alpha value is -1.95. The fourth-order valence-electron chi connectivity index (χ4n) is 2.08. The first kappa shape index (κ1) is 19.4. The molecule has 0 aliphatic carbocycles. The predicted octanol–water partition coefficient (Wildman–Crippen LogP) is 2.36. The zero-order valence-electron chi connectivity index (χ0n) is 13.9. The third-order valence-corrected chi connectivity index (χ3v) is 4.19. The standard InChI is InChI=1S/C15H19N7OS.HI/c1-10-8-18-13(24-10)5-6-17-15(16-2)19-9-12-20-14(22-21-12)11-4-3-7-23-11;/h3-4,7-8H,5-6,9H2,1-2H3,(H2,16,17,19)(H,20,21,22);1H. The first-order valence-electron chi connectivity index (χ1n) is 7.55. The quantitative estimate of drug-likeness (QED) is 0.289. The predicted molar refractivity (Wildman–Crippen MR) is 108 cm³/mol. The fraction of sp³-hybridized carbons (Fsp3) is 0.333. The number of aliphatic imine (C=N–C) groups is 1. The smallest absolute Gasteiger partial charge is 0.216 e. The van der Waals surface area contributed by atoms with Crippen LogP contribution >= 0.6 is 35.3 Å². The molecule has 0 radical (unpaired) electrons. The summed E-state index contributed by atoms with van der Waals surface area (Å²) in [6, 6.07) is 3.63. The molecule has 0 amide bonds. The van der Waals surface area contributed by atoms with Crippen LogP contribution in [0.2, 0.25) is 0 Å². The number of halogens is 1. The Bertz CT molecular complexity index is 797. The van der Waals surface area contributed by atoms with Gasteiger partial charge in [0.1, 0.15) is 5.82 Å². The van der Waals surface area contributed by atoms with E-state index in [4.69, 9.17) is 4.42 Å². The van der Waals surface area contributed by atoms with E-state index < -0.39 is 0 Å². The van der Waals surface area contributed by atoms with Crippen molar-refractivity contribution >= 4 is 41.3 Å². The van der Waals surface area contributed by atoms with Crippen LogP contribution in [0, 0.1) is 6.92 Å². The minimum atomic E-state index is 0. The second kappa shape index (κ2) is 9.51. The number of hydrogen-bond donors (Lipinski definition) is 3. The average molecular weight is 473 g/mol. The summed E-state index contributed by atoms with van der Waals surface area (Å²) in [6.07, 6.45) is 4.36. The van der Waals surface area contributed by atoms with Crippen molar-refractivity contribution in [3.8, 4) is 11.6 Å². The van der Waals surface area contributed by atoms with Crippen LogP contribution < -0.4 is 10.6 Å². The number of aryl methyl sites for hydroxylation is 1. The molecule has 3 aromatic rings. The molecule has 3 rings (SSSR count). The van der Waals surface area contributed by atoms with Gasteiger partial charge in [0.05, 0.1) is 17.8 Å². The number of H-pyrrole nitrogens is 1. The Kier molecular flexibility index (Phi) is 7.37. The van der Waals surface area contributed by atoms with Crippen molar-refractivity contribution in [3.05, 3.63) is 40.3 Å². The molecule has 3 heterocycles. The van der Waals surface area contributed by atoms with Crippen molar-refractivity contribution in [1.29, 1.82) is 0 Å². The van der Waals surface area contributed by atoms with Crippen molar-refractivity contribution in [1.82, 2.24) is 30.8 Å². The highest BCUT2D eigenvalue weighted by atomic mass is 127. The summed E-state index contributed by atoms with van der Waals surface area (Å²) >= 11 is 1.72. The van der Waals surface area contributed by atoms with E-state index in [9.17, 15) is 0 Å². The van der Waals surface area contributed by atoms with Crippen molar-refractivity contribution in [2.75, 3.05) is 13.6 Å². The summed E-state index contributed by atoms with van der Waals surface area (Å²) < 4.78 is 5.27. The molecule has 0 unspecified atom stereocenters. The zero-order valence-corrected chi connectivity index (χ0v) is 17.1. The number of nitrogens with zero attached hydrogens (tertiary/aromatic N) is 4. The first-order valence-corrected chi connectivity index (χ1v) is 8.37. The number of aromatic nitrogens is 4. The Morgan fingerprint density at radius 3 is 2.96 bits per heavy atom. The third kappa shape index (κ3) is 5.53. The molecule has 0 aromatic carbocycles. The van der Waals surface area contributed by atoms with Gasteiger partial charge in [-0.2, -0.15) is 0 Å². The van der Waals surface area contributed by atoms with E-state index in [2.05, 4.69) is 42.7 Å². The van der Waals surface area contributed by atoms with E-state index in [0.29, 0.717) is 29.9 Å². The molecule has 0 saturated carbocycles. The molecule has 0 fully saturated rings. The highest BCUT2D eigenvalue weighted by Crippen LogP contribution is 2.14. The number of nitrogens with one attached hydrogen (secondary N) is 3. The molecule has 0 spiro atoms. The van der Waals surface area contributed by atoms with Gasteiger partial charge in [0.15, 0.2) is 11.7 Å². The van der Waals surface area contributed by atoms with Crippen LogP contribution in [0.5, 0.6) is 0 Å². The van der Waals surface area contributed by atoms with Crippen molar-refractivity contribution in [2.24, 2.45) is 4.99 Å². The first-order chi connectivity index (χ1) is 11.7. The fourth-order valence-corrected chi connectivity index (χ4v) is 2.87. The highest BCUT2D eigenvalue weighted by Gasteiger charge is 2.08. The SMILES string of the molecule is CN=C(NCCc1ncc(C)s1)NCc1nc(-c2ccco2)n[nH]1.I. The summed E-state index contributed by atoms with van der Waals surface area (Å²) in [5, 5.41) is 14.6. The van der Waals surface area contributed by atoms with Gasteiger partial charge in [-0.25, -0.2) is 9.97 Å². The Morgan fingerprint density at radius 2 is 2.28 bits per heavy atom. The topological polar surface area (TPSA) is 104 Å². The minimum Gasteiger partial charge on any atom is -0.461 e. The molecule has 134 valence electrons. The lowest BCUT2D eigenvalue weighted by Crippen LogP contribution is -2.38. The van der Waals surface area contributed by atoms with Gasteiger partial charge in [-0.05, 0) is 19.1 Å². The molecular formula is C15H20IN7OS. The average Bonchev–Trinajstić information content (AvgIpc) is 3.32.